The molecule has 25 heavy (non-hydrogen) atoms. The summed E-state index contributed by atoms with van der Waals surface area (Å²) in [5.74, 6) is -7.00. The quantitative estimate of drug-likeness (QED) is 0.213. The first-order chi connectivity index (χ1) is 10.5. The van der Waals surface area contributed by atoms with Gasteiger partial charge in [0.2, 0.25) is 0 Å². The summed E-state index contributed by atoms with van der Waals surface area (Å²) in [6.07, 6.45) is -2.32. The molecular weight excluding hydrogens is 400 g/mol. The van der Waals surface area contributed by atoms with E-state index in [1.54, 1.807) is 0 Å². The Morgan fingerprint density at radius 1 is 0.640 bits per heavy atom. The summed E-state index contributed by atoms with van der Waals surface area (Å²) in [5.41, 5.74) is 0. The number of hydrogen-bond acceptors (Lipinski definition) is 8. The van der Waals surface area contributed by atoms with E-state index in [0.717, 1.165) is 0 Å². The van der Waals surface area contributed by atoms with E-state index in [2.05, 4.69) is 0 Å². The maximum Gasteiger partial charge on any atom is 0.325 e. The van der Waals surface area contributed by atoms with Gasteiger partial charge in [0.05, 0.1) is 12.8 Å². The van der Waals surface area contributed by atoms with Gasteiger partial charge in [-0.25, -0.2) is 0 Å². The molecule has 0 saturated heterocycles. The van der Waals surface area contributed by atoms with Crippen molar-refractivity contribution in [2.75, 3.05) is 0 Å². The second kappa shape index (κ2) is 10.5. The van der Waals surface area contributed by atoms with Crippen LogP contribution in [-0.4, -0.2) is 86.2 Å². The van der Waals surface area contributed by atoms with Crippen LogP contribution in [0.3, 0.4) is 0 Å². The Morgan fingerprint density at radius 2 is 0.840 bits per heavy atom. The van der Waals surface area contributed by atoms with Crippen LogP contribution in [0.15, 0.2) is 0 Å². The van der Waals surface area contributed by atoms with Crippen molar-refractivity contribution in [2.24, 2.45) is 0 Å². The molecule has 0 fully saturated rings. The summed E-state index contributed by atoms with van der Waals surface area (Å²) < 4.78 is 57.3. The van der Waals surface area contributed by atoms with Gasteiger partial charge in [0, 0.05) is 0 Å². The van der Waals surface area contributed by atoms with E-state index in [9.17, 15) is 36.0 Å². The van der Waals surface area contributed by atoms with Gasteiger partial charge in [0.15, 0.2) is 10.5 Å². The minimum absolute atomic E-state index is 0. The lowest BCUT2D eigenvalue weighted by molar-refractivity contribution is -0.143. The molecular formula is C8H14O15S2. The number of aliphatic carboxylic acids is 4. The summed E-state index contributed by atoms with van der Waals surface area (Å²) >= 11 is 0. The van der Waals surface area contributed by atoms with E-state index in [-0.39, 0.29) is 5.48 Å². The van der Waals surface area contributed by atoms with E-state index in [4.69, 9.17) is 29.5 Å². The van der Waals surface area contributed by atoms with Crippen molar-refractivity contribution < 1.29 is 71.0 Å². The zero-order valence-corrected chi connectivity index (χ0v) is 13.5. The Kier molecular flexibility index (Phi) is 11.6. The minimum atomic E-state index is -4.84. The number of rotatable bonds is 8. The van der Waals surface area contributed by atoms with Crippen LogP contribution < -0.4 is 0 Å². The molecule has 0 aliphatic rings. The highest BCUT2D eigenvalue weighted by atomic mass is 32.2. The van der Waals surface area contributed by atoms with E-state index < -0.39 is 67.5 Å². The molecule has 0 aliphatic carbocycles. The zero-order chi connectivity index (χ0) is 19.9. The second-order valence-corrected chi connectivity index (χ2v) is 7.08. The Labute approximate surface area is 139 Å². The van der Waals surface area contributed by atoms with E-state index in [0.29, 0.717) is 0 Å². The lowest BCUT2D eigenvalue weighted by Crippen LogP contribution is -2.31. The van der Waals surface area contributed by atoms with Crippen LogP contribution in [-0.2, 0) is 39.4 Å². The average molecular weight is 414 g/mol. The molecule has 0 saturated carbocycles. The molecule has 0 heterocycles. The molecule has 2 unspecified atom stereocenters. The third kappa shape index (κ3) is 12.7. The summed E-state index contributed by atoms with van der Waals surface area (Å²) in [7, 11) is -9.68. The second-order valence-electron chi connectivity index (χ2n) is 3.88. The van der Waals surface area contributed by atoms with E-state index in [1.165, 1.54) is 0 Å². The van der Waals surface area contributed by atoms with Gasteiger partial charge in [-0.1, -0.05) is 0 Å². The molecule has 0 aromatic carbocycles. The van der Waals surface area contributed by atoms with Gasteiger partial charge in [-0.05, 0) is 0 Å². The molecule has 0 aromatic rings. The van der Waals surface area contributed by atoms with Crippen LogP contribution in [0.4, 0.5) is 0 Å². The monoisotopic (exact) mass is 414 g/mol. The van der Waals surface area contributed by atoms with Gasteiger partial charge in [-0.15, -0.1) is 0 Å². The Balaban J connectivity index is -0.000000372. The molecule has 0 rings (SSSR count). The smallest absolute Gasteiger partial charge is 0.325 e. The van der Waals surface area contributed by atoms with Crippen molar-refractivity contribution in [3.05, 3.63) is 0 Å². The Morgan fingerprint density at radius 3 is 0.880 bits per heavy atom. The minimum Gasteiger partial charge on any atom is -0.481 e. The Bertz CT molecular complexity index is 640. The molecule has 2 atom stereocenters. The molecule has 15 nitrogen and oxygen atoms in total. The lowest BCUT2D eigenvalue weighted by atomic mass is 10.3. The number of carbonyl (C=O) groups is 4. The van der Waals surface area contributed by atoms with Crippen molar-refractivity contribution in [2.45, 2.75) is 23.3 Å². The highest BCUT2D eigenvalue weighted by molar-refractivity contribution is 7.87. The van der Waals surface area contributed by atoms with Crippen LogP contribution in [0.1, 0.15) is 12.8 Å². The van der Waals surface area contributed by atoms with Crippen LogP contribution in [0.2, 0.25) is 0 Å². The normalized spacial score (nSPS) is 13.2. The molecule has 0 aliphatic heterocycles. The fourth-order valence-corrected chi connectivity index (χ4v) is 2.17. The molecule has 148 valence electrons. The summed E-state index contributed by atoms with van der Waals surface area (Å²) in [5, 5.41) is 27.8. The molecule has 8 N–H and O–H groups in total. The van der Waals surface area contributed by atoms with Gasteiger partial charge >= 0.3 is 23.9 Å². The predicted octanol–water partition coefficient (Wildman–Crippen LogP) is -3.22. The third-order valence-corrected chi connectivity index (χ3v) is 4.16. The van der Waals surface area contributed by atoms with Gasteiger partial charge in [0.1, 0.15) is 0 Å². The summed E-state index contributed by atoms with van der Waals surface area (Å²) in [6, 6.07) is 0. The third-order valence-electron chi connectivity index (χ3n) is 1.99. The fourth-order valence-electron chi connectivity index (χ4n) is 0.957. The molecule has 0 aromatic heterocycles. The van der Waals surface area contributed by atoms with Crippen LogP contribution in [0.25, 0.3) is 0 Å². The fraction of sp³-hybridized carbons (Fsp3) is 0.500. The van der Waals surface area contributed by atoms with Crippen molar-refractivity contribution >= 4 is 44.1 Å². The van der Waals surface area contributed by atoms with Crippen molar-refractivity contribution in [1.82, 2.24) is 0 Å². The van der Waals surface area contributed by atoms with Crippen LogP contribution in [0.5, 0.6) is 0 Å². The van der Waals surface area contributed by atoms with Crippen molar-refractivity contribution in [1.29, 1.82) is 0 Å². The molecule has 0 radical (unpaired) electrons. The summed E-state index contributed by atoms with van der Waals surface area (Å²) in [4.78, 5) is 40.0. The number of carboxylic acid groups (broad SMARTS) is 4. The predicted molar refractivity (Wildman–Crippen MR) is 74.1 cm³/mol. The first kappa shape index (κ1) is 27.5. The van der Waals surface area contributed by atoms with Gasteiger partial charge in [0.25, 0.3) is 20.2 Å². The Hall–Kier alpha value is -2.34. The molecule has 0 amide bonds. The number of carboxylic acids is 4. The highest BCUT2D eigenvalue weighted by Gasteiger charge is 2.33. The van der Waals surface area contributed by atoms with Gasteiger partial charge in [-0.3, -0.25) is 28.3 Å². The standard InChI is InChI=1S/2C4H6O7S.H2O/c2*5-3(6)1-2(4(7)8)12(9,10)11;/h2*2H,1H2,(H,5,6)(H,7,8)(H,9,10,11);1H2. The summed E-state index contributed by atoms with van der Waals surface area (Å²) in [6.45, 7) is 0. The van der Waals surface area contributed by atoms with E-state index in [1.807, 2.05) is 0 Å². The van der Waals surface area contributed by atoms with Crippen LogP contribution in [0, 0.1) is 0 Å². The largest absolute Gasteiger partial charge is 0.481 e. The maximum atomic E-state index is 10.2. The first-order valence-electron chi connectivity index (χ1n) is 5.32. The topological polar surface area (TPSA) is 289 Å². The molecule has 0 spiro atoms. The van der Waals surface area contributed by atoms with Crippen LogP contribution >= 0.6 is 0 Å². The highest BCUT2D eigenvalue weighted by Crippen LogP contribution is 2.04. The van der Waals surface area contributed by atoms with Gasteiger partial charge in [-0.2, -0.15) is 16.8 Å². The number of hydrogen-bond donors (Lipinski definition) is 6. The van der Waals surface area contributed by atoms with Gasteiger partial charge < -0.3 is 25.9 Å². The first-order valence-corrected chi connectivity index (χ1v) is 8.32. The molecule has 17 heteroatoms. The zero-order valence-electron chi connectivity index (χ0n) is 11.8. The molecule has 0 bridgehead atoms. The average Bonchev–Trinajstić information content (AvgIpc) is 2.30. The van der Waals surface area contributed by atoms with E-state index >= 15 is 0 Å². The van der Waals surface area contributed by atoms with Crippen molar-refractivity contribution in [3.8, 4) is 0 Å². The lowest BCUT2D eigenvalue weighted by Gasteiger charge is -2.04. The SMILES string of the molecule is O.O=C(O)CC(C(=O)O)S(=O)(=O)O.O=C(O)CC(C(=O)O)S(=O)(=O)O. The maximum absolute atomic E-state index is 10.2. The van der Waals surface area contributed by atoms with Crippen molar-refractivity contribution in [3.63, 3.8) is 0 Å².